The molecule has 5 nitrogen and oxygen atoms in total. The first-order valence-corrected chi connectivity index (χ1v) is 8.86. The lowest BCUT2D eigenvalue weighted by Crippen LogP contribution is -2.56. The molecule has 2 aromatic carbocycles. The number of fused-ring (bicyclic) bond motifs is 1. The van der Waals surface area contributed by atoms with Gasteiger partial charge in [0.2, 0.25) is 0 Å². The van der Waals surface area contributed by atoms with Crippen molar-refractivity contribution in [2.75, 3.05) is 13.7 Å². The van der Waals surface area contributed by atoms with Crippen LogP contribution in [-0.2, 0) is 11.2 Å². The fourth-order valence-corrected chi connectivity index (χ4v) is 3.93. The number of carbonyl (C=O) groups is 2. The topological polar surface area (TPSA) is 67.4 Å². The Hall–Kier alpha value is -2.47. The van der Waals surface area contributed by atoms with E-state index in [4.69, 9.17) is 4.74 Å². The molecule has 2 aromatic rings. The van der Waals surface area contributed by atoms with E-state index >= 15 is 0 Å². The third kappa shape index (κ3) is 3.64. The normalized spacial score (nSPS) is 18.9. The quantitative estimate of drug-likeness (QED) is 0.864. The summed E-state index contributed by atoms with van der Waals surface area (Å²) >= 11 is 1.36. The second-order valence-corrected chi connectivity index (χ2v) is 7.36. The van der Waals surface area contributed by atoms with Gasteiger partial charge >= 0.3 is 0 Å². The van der Waals surface area contributed by atoms with Crippen LogP contribution in [0.25, 0.3) is 0 Å². The van der Waals surface area contributed by atoms with E-state index in [0.717, 1.165) is 16.2 Å². The highest BCUT2D eigenvalue weighted by Gasteiger charge is 2.40. The first-order chi connectivity index (χ1) is 12.0. The zero-order chi connectivity index (χ0) is 17.9. The molecule has 0 saturated carbocycles. The molecule has 2 N–H and O–H groups in total. The highest BCUT2D eigenvalue weighted by Crippen LogP contribution is 2.37. The van der Waals surface area contributed by atoms with E-state index in [9.17, 15) is 9.59 Å². The maximum Gasteiger partial charge on any atom is 0.256 e. The number of hydrogen-bond donors (Lipinski definition) is 2. The van der Waals surface area contributed by atoms with Gasteiger partial charge < -0.3 is 15.4 Å². The Morgan fingerprint density at radius 2 is 1.92 bits per heavy atom. The summed E-state index contributed by atoms with van der Waals surface area (Å²) < 4.78 is 5.32. The summed E-state index contributed by atoms with van der Waals surface area (Å²) in [7, 11) is 1.63. The summed E-state index contributed by atoms with van der Waals surface area (Å²) in [5, 5.41) is 5.72. The van der Waals surface area contributed by atoms with E-state index in [1.807, 2.05) is 42.5 Å². The van der Waals surface area contributed by atoms with E-state index in [-0.39, 0.29) is 11.8 Å². The van der Waals surface area contributed by atoms with Crippen LogP contribution in [0.5, 0.6) is 5.75 Å². The third-order valence-corrected chi connectivity index (χ3v) is 5.38. The van der Waals surface area contributed by atoms with Crippen molar-refractivity contribution >= 4 is 23.6 Å². The SMILES string of the molecule is COc1ccccc1CCNC(=O)C1(C)NC(=O)c2ccccc2S1. The van der Waals surface area contributed by atoms with Crippen LogP contribution in [0, 0.1) is 0 Å². The summed E-state index contributed by atoms with van der Waals surface area (Å²) in [6, 6.07) is 15.0. The van der Waals surface area contributed by atoms with Crippen molar-refractivity contribution in [3.63, 3.8) is 0 Å². The molecule has 2 amide bonds. The van der Waals surface area contributed by atoms with Gasteiger partial charge in [0, 0.05) is 11.4 Å². The molecule has 130 valence electrons. The van der Waals surface area contributed by atoms with E-state index in [1.54, 1.807) is 20.1 Å². The van der Waals surface area contributed by atoms with Gasteiger partial charge in [-0.15, -0.1) is 0 Å². The number of ether oxygens (including phenoxy) is 1. The molecule has 0 spiro atoms. The van der Waals surface area contributed by atoms with Crippen LogP contribution in [0.15, 0.2) is 53.4 Å². The monoisotopic (exact) mass is 356 g/mol. The summed E-state index contributed by atoms with van der Waals surface area (Å²) in [5.41, 5.74) is 1.63. The molecular formula is C19H20N2O3S. The fraction of sp³-hybridized carbons (Fsp3) is 0.263. The van der Waals surface area contributed by atoms with E-state index in [2.05, 4.69) is 10.6 Å². The van der Waals surface area contributed by atoms with Gasteiger partial charge in [0.1, 0.15) is 5.75 Å². The van der Waals surface area contributed by atoms with Crippen LogP contribution < -0.4 is 15.4 Å². The first-order valence-electron chi connectivity index (χ1n) is 8.04. The van der Waals surface area contributed by atoms with Crippen molar-refractivity contribution in [1.29, 1.82) is 0 Å². The molecule has 0 bridgehead atoms. The van der Waals surface area contributed by atoms with Gasteiger partial charge in [-0.3, -0.25) is 9.59 Å². The van der Waals surface area contributed by atoms with Crippen molar-refractivity contribution in [2.45, 2.75) is 23.1 Å². The van der Waals surface area contributed by atoms with Gasteiger partial charge in [0.25, 0.3) is 11.8 Å². The van der Waals surface area contributed by atoms with Crippen LogP contribution in [0.4, 0.5) is 0 Å². The minimum atomic E-state index is -1.02. The predicted molar refractivity (Wildman–Crippen MR) is 97.9 cm³/mol. The molecule has 0 radical (unpaired) electrons. The number of amides is 2. The zero-order valence-electron chi connectivity index (χ0n) is 14.2. The Morgan fingerprint density at radius 3 is 2.72 bits per heavy atom. The van der Waals surface area contributed by atoms with Gasteiger partial charge in [-0.2, -0.15) is 0 Å². The molecule has 0 aliphatic carbocycles. The average molecular weight is 356 g/mol. The third-order valence-electron chi connectivity index (χ3n) is 4.10. The highest BCUT2D eigenvalue weighted by atomic mass is 32.2. The van der Waals surface area contributed by atoms with Gasteiger partial charge in [-0.1, -0.05) is 42.1 Å². The summed E-state index contributed by atoms with van der Waals surface area (Å²) in [6.07, 6.45) is 0.654. The first kappa shape index (κ1) is 17.4. The molecular weight excluding hydrogens is 336 g/mol. The Kier molecular flexibility index (Phi) is 4.99. The Bertz CT molecular complexity index is 809. The van der Waals surface area contributed by atoms with Crippen LogP contribution in [-0.4, -0.2) is 30.3 Å². The summed E-state index contributed by atoms with van der Waals surface area (Å²) in [4.78, 5) is 24.7. The second-order valence-electron chi connectivity index (χ2n) is 5.90. The van der Waals surface area contributed by atoms with Gasteiger partial charge in [0.05, 0.1) is 12.7 Å². The fourth-order valence-electron chi connectivity index (χ4n) is 2.76. The number of thioether (sulfide) groups is 1. The standard InChI is InChI=1S/C19H20N2O3S/c1-19(21-17(22)14-8-4-6-10-16(14)25-19)18(23)20-12-11-13-7-3-5-9-15(13)24-2/h3-10H,11-12H2,1-2H3,(H,20,23)(H,21,22). The van der Waals surface area contributed by atoms with Crippen molar-refractivity contribution < 1.29 is 14.3 Å². The molecule has 1 unspecified atom stereocenters. The predicted octanol–water partition coefficient (Wildman–Crippen LogP) is 2.61. The molecule has 1 aliphatic heterocycles. The zero-order valence-corrected chi connectivity index (χ0v) is 15.0. The smallest absolute Gasteiger partial charge is 0.256 e. The average Bonchev–Trinajstić information content (AvgIpc) is 2.62. The maximum absolute atomic E-state index is 12.6. The number of hydrogen-bond acceptors (Lipinski definition) is 4. The molecule has 3 rings (SSSR count). The van der Waals surface area contributed by atoms with Crippen molar-refractivity contribution in [3.05, 3.63) is 59.7 Å². The lowest BCUT2D eigenvalue weighted by atomic mass is 10.1. The minimum absolute atomic E-state index is 0.213. The number of rotatable bonds is 5. The van der Waals surface area contributed by atoms with Crippen LogP contribution >= 0.6 is 11.8 Å². The summed E-state index contributed by atoms with van der Waals surface area (Å²) in [5.74, 6) is 0.365. The molecule has 0 fully saturated rings. The van der Waals surface area contributed by atoms with Crippen molar-refractivity contribution in [3.8, 4) is 5.75 Å². The second kappa shape index (κ2) is 7.19. The number of nitrogens with one attached hydrogen (secondary N) is 2. The van der Waals surface area contributed by atoms with Gasteiger partial charge in [-0.05, 0) is 37.1 Å². The van der Waals surface area contributed by atoms with E-state index in [0.29, 0.717) is 18.5 Å². The number of carbonyl (C=O) groups excluding carboxylic acids is 2. The molecule has 1 heterocycles. The molecule has 1 atom stereocenters. The lowest BCUT2D eigenvalue weighted by molar-refractivity contribution is -0.123. The van der Waals surface area contributed by atoms with Gasteiger partial charge in [-0.25, -0.2) is 0 Å². The molecule has 0 saturated heterocycles. The van der Waals surface area contributed by atoms with Crippen LogP contribution in [0.1, 0.15) is 22.8 Å². The highest BCUT2D eigenvalue weighted by molar-refractivity contribution is 8.01. The molecule has 25 heavy (non-hydrogen) atoms. The maximum atomic E-state index is 12.6. The van der Waals surface area contributed by atoms with Crippen LogP contribution in [0.3, 0.4) is 0 Å². The largest absolute Gasteiger partial charge is 0.496 e. The summed E-state index contributed by atoms with van der Waals surface area (Å²) in [6.45, 7) is 2.19. The lowest BCUT2D eigenvalue weighted by Gasteiger charge is -2.33. The number of benzene rings is 2. The number of para-hydroxylation sites is 1. The van der Waals surface area contributed by atoms with Crippen molar-refractivity contribution in [1.82, 2.24) is 10.6 Å². The molecule has 1 aliphatic rings. The Labute approximate surface area is 151 Å². The van der Waals surface area contributed by atoms with Crippen LogP contribution in [0.2, 0.25) is 0 Å². The van der Waals surface area contributed by atoms with Gasteiger partial charge in [0.15, 0.2) is 4.87 Å². The molecule has 6 heteroatoms. The minimum Gasteiger partial charge on any atom is -0.496 e. The Balaban J connectivity index is 1.64. The van der Waals surface area contributed by atoms with E-state index < -0.39 is 4.87 Å². The number of methoxy groups -OCH3 is 1. The van der Waals surface area contributed by atoms with E-state index in [1.165, 1.54) is 11.8 Å². The molecule has 0 aromatic heterocycles. The van der Waals surface area contributed by atoms with Crippen molar-refractivity contribution in [2.24, 2.45) is 0 Å². The Morgan fingerprint density at radius 1 is 1.20 bits per heavy atom.